The van der Waals surface area contributed by atoms with Crippen LogP contribution in [0.25, 0.3) is 0 Å². The summed E-state index contributed by atoms with van der Waals surface area (Å²) in [7, 11) is 1.80. The van der Waals surface area contributed by atoms with E-state index in [1.807, 2.05) is 4.90 Å². The molecule has 0 radical (unpaired) electrons. The maximum Gasteiger partial charge on any atom is 0.227 e. The van der Waals surface area contributed by atoms with Crippen molar-refractivity contribution in [3.63, 3.8) is 0 Å². The molecule has 2 aliphatic rings. The van der Waals surface area contributed by atoms with Gasteiger partial charge >= 0.3 is 0 Å². The van der Waals surface area contributed by atoms with Gasteiger partial charge < -0.3 is 14.7 Å². The van der Waals surface area contributed by atoms with E-state index in [1.165, 1.54) is 5.56 Å². The predicted octanol–water partition coefficient (Wildman–Crippen LogP) is 2.02. The van der Waals surface area contributed by atoms with Gasteiger partial charge in [-0.25, -0.2) is 0 Å². The summed E-state index contributed by atoms with van der Waals surface area (Å²) < 4.78 is 0. The summed E-state index contributed by atoms with van der Waals surface area (Å²) in [6.07, 6.45) is 4.53. The first kappa shape index (κ1) is 18.9. The molecule has 2 fully saturated rings. The molecule has 2 amide bonds. The normalized spacial score (nSPS) is 22.3. The lowest BCUT2D eigenvalue weighted by Crippen LogP contribution is -2.46. The molecule has 142 valence electrons. The number of hydrogen-bond donors (Lipinski definition) is 0. The van der Waals surface area contributed by atoms with Crippen molar-refractivity contribution in [3.8, 4) is 0 Å². The molecule has 1 unspecified atom stereocenters. The van der Waals surface area contributed by atoms with E-state index in [4.69, 9.17) is 0 Å². The van der Waals surface area contributed by atoms with Crippen LogP contribution < -0.4 is 0 Å². The predicted molar refractivity (Wildman–Crippen MR) is 103 cm³/mol. The zero-order valence-corrected chi connectivity index (χ0v) is 15.9. The molecule has 1 aromatic carbocycles. The molecule has 5 heteroatoms. The van der Waals surface area contributed by atoms with E-state index >= 15 is 0 Å². The van der Waals surface area contributed by atoms with Gasteiger partial charge in [0.1, 0.15) is 0 Å². The second-order valence-corrected chi connectivity index (χ2v) is 7.62. The Kier molecular flexibility index (Phi) is 6.67. The number of amides is 2. The third-order valence-electron chi connectivity index (χ3n) is 5.66. The Hall–Kier alpha value is -1.88. The van der Waals surface area contributed by atoms with Crippen molar-refractivity contribution in [1.82, 2.24) is 14.7 Å². The van der Waals surface area contributed by atoms with E-state index in [0.29, 0.717) is 19.4 Å². The Balaban J connectivity index is 1.42. The van der Waals surface area contributed by atoms with Crippen LogP contribution in [0.5, 0.6) is 0 Å². The van der Waals surface area contributed by atoms with Gasteiger partial charge in [0.25, 0.3) is 0 Å². The van der Waals surface area contributed by atoms with Crippen LogP contribution in [-0.2, 0) is 16.0 Å². The van der Waals surface area contributed by atoms with Crippen molar-refractivity contribution in [1.29, 1.82) is 0 Å². The Bertz CT molecular complexity index is 605. The summed E-state index contributed by atoms with van der Waals surface area (Å²) in [5, 5.41) is 0. The van der Waals surface area contributed by atoms with Crippen LogP contribution in [0.15, 0.2) is 30.3 Å². The van der Waals surface area contributed by atoms with Crippen LogP contribution in [0.2, 0.25) is 0 Å². The fourth-order valence-electron chi connectivity index (χ4n) is 4.04. The summed E-state index contributed by atoms with van der Waals surface area (Å²) in [6.45, 7) is 5.37. The molecular weight excluding hydrogens is 326 g/mol. The lowest BCUT2D eigenvalue weighted by atomic mass is 9.96. The quantitative estimate of drug-likeness (QED) is 0.810. The van der Waals surface area contributed by atoms with Gasteiger partial charge in [-0.05, 0) is 44.3 Å². The van der Waals surface area contributed by atoms with Crippen LogP contribution in [0, 0.1) is 5.92 Å². The Morgan fingerprint density at radius 3 is 2.69 bits per heavy atom. The van der Waals surface area contributed by atoms with E-state index in [0.717, 1.165) is 52.0 Å². The molecule has 2 heterocycles. The molecule has 5 nitrogen and oxygen atoms in total. The zero-order chi connectivity index (χ0) is 18.4. The smallest absolute Gasteiger partial charge is 0.227 e. The largest absolute Gasteiger partial charge is 0.345 e. The molecule has 1 aromatic rings. The van der Waals surface area contributed by atoms with Crippen molar-refractivity contribution in [2.75, 3.05) is 46.3 Å². The highest BCUT2D eigenvalue weighted by Gasteiger charge is 2.31. The number of likely N-dealkylation sites (tertiary alicyclic amines) is 1. The van der Waals surface area contributed by atoms with Crippen LogP contribution in [0.4, 0.5) is 0 Å². The summed E-state index contributed by atoms with van der Waals surface area (Å²) in [5.74, 6) is 0.396. The maximum absolute atomic E-state index is 12.8. The van der Waals surface area contributed by atoms with Crippen molar-refractivity contribution < 1.29 is 9.59 Å². The minimum Gasteiger partial charge on any atom is -0.345 e. The Morgan fingerprint density at radius 2 is 1.92 bits per heavy atom. The minimum atomic E-state index is -0.0117. The molecule has 0 bridgehead atoms. The molecule has 0 N–H and O–H groups in total. The highest BCUT2D eigenvalue weighted by molar-refractivity contribution is 5.83. The molecular formula is C21H31N3O2. The van der Waals surface area contributed by atoms with Gasteiger partial charge in [-0.15, -0.1) is 0 Å². The maximum atomic E-state index is 12.8. The topological polar surface area (TPSA) is 43.9 Å². The van der Waals surface area contributed by atoms with Crippen molar-refractivity contribution >= 4 is 11.8 Å². The number of hydrogen-bond acceptors (Lipinski definition) is 3. The summed E-state index contributed by atoms with van der Waals surface area (Å²) >= 11 is 0. The second kappa shape index (κ2) is 9.17. The molecule has 1 atom stereocenters. The van der Waals surface area contributed by atoms with Gasteiger partial charge in [0.2, 0.25) is 11.8 Å². The molecule has 0 spiro atoms. The van der Waals surface area contributed by atoms with Crippen LogP contribution >= 0.6 is 0 Å². The fraction of sp³-hybridized carbons (Fsp3) is 0.619. The van der Waals surface area contributed by atoms with Crippen molar-refractivity contribution in [2.24, 2.45) is 5.92 Å². The van der Waals surface area contributed by atoms with Gasteiger partial charge in [0.15, 0.2) is 0 Å². The lowest BCUT2D eigenvalue weighted by molar-refractivity contribution is -0.142. The summed E-state index contributed by atoms with van der Waals surface area (Å²) in [4.78, 5) is 30.7. The molecule has 0 aliphatic carbocycles. The average molecular weight is 357 g/mol. The van der Waals surface area contributed by atoms with Crippen LogP contribution in [0.3, 0.4) is 0 Å². The number of carbonyl (C=O) groups excluding carboxylic acids is 2. The molecule has 2 saturated heterocycles. The number of benzene rings is 1. The summed E-state index contributed by atoms with van der Waals surface area (Å²) in [5.41, 5.74) is 1.40. The Labute approximate surface area is 156 Å². The minimum absolute atomic E-state index is 0.0117. The van der Waals surface area contributed by atoms with Gasteiger partial charge in [0, 0.05) is 39.6 Å². The monoisotopic (exact) mass is 357 g/mol. The number of nitrogens with zero attached hydrogens (tertiary/aromatic N) is 3. The van der Waals surface area contributed by atoms with Crippen LogP contribution in [0.1, 0.15) is 31.2 Å². The molecule has 3 rings (SSSR count). The zero-order valence-electron chi connectivity index (χ0n) is 15.9. The van der Waals surface area contributed by atoms with E-state index in [2.05, 4.69) is 35.2 Å². The number of carbonyl (C=O) groups is 2. The van der Waals surface area contributed by atoms with Gasteiger partial charge in [-0.1, -0.05) is 30.3 Å². The number of rotatable bonds is 5. The van der Waals surface area contributed by atoms with Crippen molar-refractivity contribution in [2.45, 2.75) is 32.1 Å². The first-order valence-corrected chi connectivity index (χ1v) is 9.92. The first-order valence-electron chi connectivity index (χ1n) is 9.92. The first-order chi connectivity index (χ1) is 12.6. The van der Waals surface area contributed by atoms with Gasteiger partial charge in [-0.3, -0.25) is 9.59 Å². The SMILES string of the molecule is CN1CC(C(=O)N2CCCN(CCCc3ccccc3)CC2)CCC1=O. The molecule has 26 heavy (non-hydrogen) atoms. The molecule has 0 aromatic heterocycles. The van der Waals surface area contributed by atoms with Gasteiger partial charge in [-0.2, -0.15) is 0 Å². The summed E-state index contributed by atoms with van der Waals surface area (Å²) in [6, 6.07) is 10.6. The molecule has 2 aliphatic heterocycles. The van der Waals surface area contributed by atoms with E-state index < -0.39 is 0 Å². The van der Waals surface area contributed by atoms with Gasteiger partial charge in [0.05, 0.1) is 5.92 Å². The average Bonchev–Trinajstić information content (AvgIpc) is 2.90. The Morgan fingerprint density at radius 1 is 1.12 bits per heavy atom. The second-order valence-electron chi connectivity index (χ2n) is 7.62. The molecule has 0 saturated carbocycles. The number of piperidine rings is 1. The lowest BCUT2D eigenvalue weighted by Gasteiger charge is -2.32. The number of aryl methyl sites for hydroxylation is 1. The third-order valence-corrected chi connectivity index (χ3v) is 5.66. The fourth-order valence-corrected chi connectivity index (χ4v) is 4.04. The highest BCUT2D eigenvalue weighted by Crippen LogP contribution is 2.19. The van der Waals surface area contributed by atoms with E-state index in [-0.39, 0.29) is 17.7 Å². The highest BCUT2D eigenvalue weighted by atomic mass is 16.2. The standard InChI is InChI=1S/C21H31N3O2/c1-22-17-19(10-11-20(22)25)21(26)24-14-6-13-23(15-16-24)12-5-9-18-7-3-2-4-8-18/h2-4,7-8,19H,5-6,9-17H2,1H3. The van der Waals surface area contributed by atoms with Crippen molar-refractivity contribution in [3.05, 3.63) is 35.9 Å². The van der Waals surface area contributed by atoms with Crippen LogP contribution in [-0.4, -0.2) is 72.8 Å². The van der Waals surface area contributed by atoms with E-state index in [9.17, 15) is 9.59 Å². The van der Waals surface area contributed by atoms with E-state index in [1.54, 1.807) is 11.9 Å². The third kappa shape index (κ3) is 5.07.